The molecule has 1 atom stereocenters. The molecule has 2 N–H and O–H groups in total. The van der Waals surface area contributed by atoms with E-state index in [0.717, 1.165) is 26.1 Å². The molecule has 0 radical (unpaired) electrons. The highest BCUT2D eigenvalue weighted by Crippen LogP contribution is 2.19. The number of aliphatic hydroxyl groups is 1. The second-order valence-corrected chi connectivity index (χ2v) is 3.55. The molecule has 0 spiro atoms. The lowest BCUT2D eigenvalue weighted by atomic mass is 9.89. The topological polar surface area (TPSA) is 41.5 Å². The van der Waals surface area contributed by atoms with Crippen molar-refractivity contribution >= 4 is 0 Å². The summed E-state index contributed by atoms with van der Waals surface area (Å²) in [6, 6.07) is 0.915. The minimum atomic E-state index is -0.0678. The molecule has 0 amide bonds. The van der Waals surface area contributed by atoms with E-state index in [0.29, 0.717) is 12.1 Å². The van der Waals surface area contributed by atoms with E-state index >= 15 is 0 Å². The molecule has 0 aromatic rings. The molecular weight excluding hydrogens is 154 g/mol. The molecule has 0 heterocycles. The first-order valence-electron chi connectivity index (χ1n) is 4.74. The van der Waals surface area contributed by atoms with Crippen LogP contribution in [0.2, 0.25) is 0 Å². The Balaban J connectivity index is 1.98. The molecule has 1 aliphatic carbocycles. The molecule has 0 aromatic heterocycles. The van der Waals surface area contributed by atoms with Crippen LogP contribution in [0.3, 0.4) is 0 Å². The second kappa shape index (κ2) is 4.80. The van der Waals surface area contributed by atoms with Crippen LogP contribution in [-0.2, 0) is 4.74 Å². The van der Waals surface area contributed by atoms with E-state index in [1.807, 2.05) is 6.92 Å². The van der Waals surface area contributed by atoms with Crippen molar-refractivity contribution in [2.45, 2.75) is 44.9 Å². The van der Waals surface area contributed by atoms with E-state index in [-0.39, 0.29) is 6.10 Å². The Morgan fingerprint density at radius 1 is 1.58 bits per heavy atom. The summed E-state index contributed by atoms with van der Waals surface area (Å²) >= 11 is 0. The number of rotatable bonds is 5. The van der Waals surface area contributed by atoms with Gasteiger partial charge in [-0.3, -0.25) is 0 Å². The minimum absolute atomic E-state index is 0.0678. The summed E-state index contributed by atoms with van der Waals surface area (Å²) in [6.45, 7) is 5.66. The Bertz CT molecular complexity index is 124. The Morgan fingerprint density at radius 3 is 2.75 bits per heavy atom. The maximum Gasteiger partial charge on any atom is 0.0616 e. The third-order valence-corrected chi connectivity index (χ3v) is 2.21. The van der Waals surface area contributed by atoms with E-state index < -0.39 is 0 Å². The van der Waals surface area contributed by atoms with Crippen LogP contribution in [0.25, 0.3) is 0 Å². The standard InChI is InChI=1S/C9H19NO2/c1-3-12-6-7(2)10-8-4-9(11)5-8/h7-11H,3-6H2,1-2H3. The van der Waals surface area contributed by atoms with Gasteiger partial charge in [0.1, 0.15) is 0 Å². The zero-order valence-corrected chi connectivity index (χ0v) is 7.92. The molecule has 1 aliphatic rings. The van der Waals surface area contributed by atoms with Gasteiger partial charge in [0.05, 0.1) is 12.7 Å². The first-order valence-corrected chi connectivity index (χ1v) is 4.74. The summed E-state index contributed by atoms with van der Waals surface area (Å²) in [6.07, 6.45) is 1.73. The van der Waals surface area contributed by atoms with Crippen LogP contribution in [0.1, 0.15) is 26.7 Å². The highest BCUT2D eigenvalue weighted by Gasteiger charge is 2.27. The molecule has 12 heavy (non-hydrogen) atoms. The molecular formula is C9H19NO2. The quantitative estimate of drug-likeness (QED) is 0.637. The van der Waals surface area contributed by atoms with Crippen molar-refractivity contribution < 1.29 is 9.84 Å². The number of hydrogen-bond acceptors (Lipinski definition) is 3. The van der Waals surface area contributed by atoms with Crippen molar-refractivity contribution in [3.8, 4) is 0 Å². The number of ether oxygens (including phenoxy) is 1. The number of nitrogens with one attached hydrogen (secondary N) is 1. The van der Waals surface area contributed by atoms with Crippen LogP contribution in [0, 0.1) is 0 Å². The molecule has 0 saturated heterocycles. The predicted molar refractivity (Wildman–Crippen MR) is 48.1 cm³/mol. The van der Waals surface area contributed by atoms with Gasteiger partial charge in [-0.15, -0.1) is 0 Å². The normalized spacial score (nSPS) is 31.2. The fourth-order valence-electron chi connectivity index (χ4n) is 1.47. The lowest BCUT2D eigenvalue weighted by molar-refractivity contribution is 0.0482. The van der Waals surface area contributed by atoms with Gasteiger partial charge in [-0.25, -0.2) is 0 Å². The van der Waals surface area contributed by atoms with Gasteiger partial charge in [-0.05, 0) is 26.7 Å². The summed E-state index contributed by atoms with van der Waals surface area (Å²) < 4.78 is 5.27. The van der Waals surface area contributed by atoms with Gasteiger partial charge < -0.3 is 15.2 Å². The third-order valence-electron chi connectivity index (χ3n) is 2.21. The zero-order valence-electron chi connectivity index (χ0n) is 7.92. The lowest BCUT2D eigenvalue weighted by Gasteiger charge is -2.34. The van der Waals surface area contributed by atoms with Crippen molar-refractivity contribution in [3.05, 3.63) is 0 Å². The molecule has 3 heteroatoms. The summed E-state index contributed by atoms with van der Waals surface area (Å²) in [5, 5.41) is 12.4. The number of hydrogen-bond donors (Lipinski definition) is 2. The average molecular weight is 173 g/mol. The molecule has 72 valence electrons. The van der Waals surface area contributed by atoms with Crippen LogP contribution in [0.15, 0.2) is 0 Å². The molecule has 0 bridgehead atoms. The maximum absolute atomic E-state index is 9.04. The van der Waals surface area contributed by atoms with E-state index in [1.54, 1.807) is 0 Å². The Morgan fingerprint density at radius 2 is 2.25 bits per heavy atom. The Labute approximate surface area is 74.1 Å². The highest BCUT2D eigenvalue weighted by molar-refractivity contribution is 4.86. The van der Waals surface area contributed by atoms with Crippen LogP contribution >= 0.6 is 0 Å². The van der Waals surface area contributed by atoms with Crippen molar-refractivity contribution in [2.24, 2.45) is 0 Å². The fourth-order valence-corrected chi connectivity index (χ4v) is 1.47. The van der Waals surface area contributed by atoms with Crippen LogP contribution in [0.5, 0.6) is 0 Å². The van der Waals surface area contributed by atoms with Gasteiger partial charge in [-0.2, -0.15) is 0 Å². The third kappa shape index (κ3) is 3.09. The van der Waals surface area contributed by atoms with Crippen molar-refractivity contribution in [3.63, 3.8) is 0 Å². The first-order chi connectivity index (χ1) is 5.72. The largest absolute Gasteiger partial charge is 0.393 e. The molecule has 1 rings (SSSR count). The molecule has 0 aliphatic heterocycles. The van der Waals surface area contributed by atoms with Crippen LogP contribution in [-0.4, -0.2) is 36.5 Å². The number of aliphatic hydroxyl groups excluding tert-OH is 1. The van der Waals surface area contributed by atoms with Gasteiger partial charge in [-0.1, -0.05) is 0 Å². The predicted octanol–water partition coefficient (Wildman–Crippen LogP) is 0.524. The van der Waals surface area contributed by atoms with E-state index in [2.05, 4.69) is 12.2 Å². The zero-order chi connectivity index (χ0) is 8.97. The summed E-state index contributed by atoms with van der Waals surface area (Å²) in [7, 11) is 0. The molecule has 1 fully saturated rings. The Kier molecular flexibility index (Phi) is 3.98. The smallest absolute Gasteiger partial charge is 0.0616 e. The van der Waals surface area contributed by atoms with E-state index in [9.17, 15) is 0 Å². The SMILES string of the molecule is CCOCC(C)NC1CC(O)C1. The summed E-state index contributed by atoms with van der Waals surface area (Å²) in [5.41, 5.74) is 0. The first kappa shape index (κ1) is 9.96. The second-order valence-electron chi connectivity index (χ2n) is 3.55. The average Bonchev–Trinajstić information content (AvgIpc) is 1.98. The van der Waals surface area contributed by atoms with Gasteiger partial charge in [0, 0.05) is 18.7 Å². The van der Waals surface area contributed by atoms with E-state index in [4.69, 9.17) is 9.84 Å². The summed E-state index contributed by atoms with van der Waals surface area (Å²) in [5.74, 6) is 0. The lowest BCUT2D eigenvalue weighted by Crippen LogP contribution is -2.48. The van der Waals surface area contributed by atoms with Crippen LogP contribution < -0.4 is 5.32 Å². The molecule has 0 aromatic carbocycles. The van der Waals surface area contributed by atoms with Gasteiger partial charge in [0.15, 0.2) is 0 Å². The molecule has 1 saturated carbocycles. The minimum Gasteiger partial charge on any atom is -0.393 e. The summed E-state index contributed by atoms with van der Waals surface area (Å²) in [4.78, 5) is 0. The van der Waals surface area contributed by atoms with Crippen molar-refractivity contribution in [1.29, 1.82) is 0 Å². The van der Waals surface area contributed by atoms with Crippen molar-refractivity contribution in [2.75, 3.05) is 13.2 Å². The highest BCUT2D eigenvalue weighted by atomic mass is 16.5. The van der Waals surface area contributed by atoms with E-state index in [1.165, 1.54) is 0 Å². The monoisotopic (exact) mass is 173 g/mol. The Hall–Kier alpha value is -0.120. The fraction of sp³-hybridized carbons (Fsp3) is 1.00. The van der Waals surface area contributed by atoms with Gasteiger partial charge in [0.2, 0.25) is 0 Å². The van der Waals surface area contributed by atoms with Crippen LogP contribution in [0.4, 0.5) is 0 Å². The molecule has 3 nitrogen and oxygen atoms in total. The maximum atomic E-state index is 9.04. The van der Waals surface area contributed by atoms with Crippen molar-refractivity contribution in [1.82, 2.24) is 5.32 Å². The van der Waals surface area contributed by atoms with Gasteiger partial charge in [0.25, 0.3) is 0 Å². The molecule has 1 unspecified atom stereocenters. The van der Waals surface area contributed by atoms with Gasteiger partial charge >= 0.3 is 0 Å².